The Hall–Kier alpha value is -0.120. The Morgan fingerprint density at radius 1 is 1.24 bits per heavy atom. The maximum atomic E-state index is 4.59. The molecule has 0 aliphatic carbocycles. The lowest BCUT2D eigenvalue weighted by molar-refractivity contribution is 0.806. The van der Waals surface area contributed by atoms with Crippen molar-refractivity contribution in [3.05, 3.63) is 43.2 Å². The molecular weight excluding hydrogens is 481 g/mol. The minimum Gasteiger partial charge on any atom is -0.357 e. The van der Waals surface area contributed by atoms with Crippen LogP contribution < -0.4 is 10.6 Å². The smallest absolute Gasteiger partial charge is 0.191 e. The molecule has 116 valence electrons. The fourth-order valence-corrected chi connectivity index (χ4v) is 3.80. The van der Waals surface area contributed by atoms with Crippen molar-refractivity contribution in [2.45, 2.75) is 19.9 Å². The van der Waals surface area contributed by atoms with Crippen LogP contribution in [0.25, 0.3) is 0 Å². The molecular formula is C14H19BrIN3S2. The highest BCUT2D eigenvalue weighted by molar-refractivity contribution is 14.0. The molecule has 0 saturated heterocycles. The van der Waals surface area contributed by atoms with Crippen molar-refractivity contribution in [2.75, 3.05) is 13.1 Å². The van der Waals surface area contributed by atoms with Crippen molar-refractivity contribution >= 4 is 68.5 Å². The second-order valence-corrected chi connectivity index (χ2v) is 7.74. The van der Waals surface area contributed by atoms with Crippen LogP contribution in [-0.4, -0.2) is 19.0 Å². The quantitative estimate of drug-likeness (QED) is 0.349. The van der Waals surface area contributed by atoms with Crippen molar-refractivity contribution in [3.8, 4) is 0 Å². The van der Waals surface area contributed by atoms with E-state index in [2.05, 4.69) is 68.1 Å². The minimum atomic E-state index is 0. The molecule has 2 aromatic heterocycles. The third-order valence-corrected chi connectivity index (χ3v) is 5.15. The largest absolute Gasteiger partial charge is 0.357 e. The zero-order chi connectivity index (χ0) is 14.2. The van der Waals surface area contributed by atoms with Gasteiger partial charge in [-0.05, 0) is 52.9 Å². The number of nitrogens with zero attached hydrogens (tertiary/aromatic N) is 1. The summed E-state index contributed by atoms with van der Waals surface area (Å²) in [7, 11) is 0. The number of hydrogen-bond acceptors (Lipinski definition) is 3. The SMILES string of the molecule is CCNC(=NCc1cccs1)NCCc1ccc(Br)s1.I. The molecule has 2 aromatic rings. The minimum absolute atomic E-state index is 0. The molecule has 0 radical (unpaired) electrons. The monoisotopic (exact) mass is 499 g/mol. The lowest BCUT2D eigenvalue weighted by atomic mass is 10.3. The predicted octanol–water partition coefficient (Wildman–Crippen LogP) is 4.49. The Balaban J connectivity index is 0.00000220. The van der Waals surface area contributed by atoms with E-state index in [0.29, 0.717) is 0 Å². The molecule has 7 heteroatoms. The maximum Gasteiger partial charge on any atom is 0.191 e. The summed E-state index contributed by atoms with van der Waals surface area (Å²) in [4.78, 5) is 7.25. The topological polar surface area (TPSA) is 36.4 Å². The van der Waals surface area contributed by atoms with E-state index in [0.717, 1.165) is 32.0 Å². The molecule has 0 atom stereocenters. The van der Waals surface area contributed by atoms with Gasteiger partial charge in [-0.15, -0.1) is 46.7 Å². The Bertz CT molecular complexity index is 540. The van der Waals surface area contributed by atoms with Crippen LogP contribution >= 0.6 is 62.6 Å². The molecule has 2 rings (SSSR count). The number of thiophene rings is 2. The maximum absolute atomic E-state index is 4.59. The number of aliphatic imine (C=N–C) groups is 1. The summed E-state index contributed by atoms with van der Waals surface area (Å²) >= 11 is 7.01. The van der Waals surface area contributed by atoms with Crippen LogP contribution in [0.2, 0.25) is 0 Å². The fourth-order valence-electron chi connectivity index (χ4n) is 1.69. The number of nitrogens with one attached hydrogen (secondary N) is 2. The van der Waals surface area contributed by atoms with Crippen molar-refractivity contribution < 1.29 is 0 Å². The third-order valence-electron chi connectivity index (χ3n) is 2.61. The Morgan fingerprint density at radius 2 is 2.10 bits per heavy atom. The van der Waals surface area contributed by atoms with Gasteiger partial charge in [0.15, 0.2) is 5.96 Å². The molecule has 0 aliphatic rings. The summed E-state index contributed by atoms with van der Waals surface area (Å²) in [5, 5.41) is 8.73. The summed E-state index contributed by atoms with van der Waals surface area (Å²) in [6.07, 6.45) is 1.01. The van der Waals surface area contributed by atoms with Gasteiger partial charge in [-0.3, -0.25) is 0 Å². The first-order valence-corrected chi connectivity index (χ1v) is 9.05. The number of halogens is 2. The van der Waals surface area contributed by atoms with E-state index >= 15 is 0 Å². The lowest BCUT2D eigenvalue weighted by Gasteiger charge is -2.10. The van der Waals surface area contributed by atoms with E-state index in [1.807, 2.05) is 0 Å². The molecule has 21 heavy (non-hydrogen) atoms. The van der Waals surface area contributed by atoms with Gasteiger partial charge in [0, 0.05) is 22.8 Å². The van der Waals surface area contributed by atoms with E-state index in [9.17, 15) is 0 Å². The molecule has 0 saturated carbocycles. The fraction of sp³-hybridized carbons (Fsp3) is 0.357. The Labute approximate surface area is 159 Å². The van der Waals surface area contributed by atoms with Crippen molar-refractivity contribution in [1.29, 1.82) is 0 Å². The van der Waals surface area contributed by atoms with Crippen molar-refractivity contribution in [1.82, 2.24) is 10.6 Å². The van der Waals surface area contributed by atoms with Gasteiger partial charge in [0.2, 0.25) is 0 Å². The van der Waals surface area contributed by atoms with Gasteiger partial charge >= 0.3 is 0 Å². The van der Waals surface area contributed by atoms with Gasteiger partial charge in [-0.2, -0.15) is 0 Å². The standard InChI is InChI=1S/C14H18BrN3S2.HI/c1-2-16-14(18-10-12-4-3-9-19-12)17-8-7-11-5-6-13(15)20-11;/h3-6,9H,2,7-8,10H2,1H3,(H2,16,17,18);1H. The summed E-state index contributed by atoms with van der Waals surface area (Å²) in [6, 6.07) is 8.42. The predicted molar refractivity (Wildman–Crippen MR) is 108 cm³/mol. The van der Waals surface area contributed by atoms with E-state index in [4.69, 9.17) is 0 Å². The van der Waals surface area contributed by atoms with Crippen molar-refractivity contribution in [3.63, 3.8) is 0 Å². The van der Waals surface area contributed by atoms with Gasteiger partial charge in [0.25, 0.3) is 0 Å². The van der Waals surface area contributed by atoms with Crippen LogP contribution in [0.4, 0.5) is 0 Å². The van der Waals surface area contributed by atoms with Gasteiger partial charge in [0.05, 0.1) is 10.3 Å². The number of guanidine groups is 1. The Kier molecular flexibility index (Phi) is 9.54. The number of rotatable bonds is 6. The first-order valence-electron chi connectivity index (χ1n) is 6.56. The van der Waals surface area contributed by atoms with E-state index in [-0.39, 0.29) is 24.0 Å². The third kappa shape index (κ3) is 7.12. The van der Waals surface area contributed by atoms with E-state index < -0.39 is 0 Å². The first kappa shape index (κ1) is 18.9. The average Bonchev–Trinajstić information content (AvgIpc) is 3.08. The van der Waals surface area contributed by atoms with Crippen molar-refractivity contribution in [2.24, 2.45) is 4.99 Å². The second kappa shape index (κ2) is 10.6. The number of hydrogen-bond donors (Lipinski definition) is 2. The highest BCUT2D eigenvalue weighted by Crippen LogP contribution is 2.22. The van der Waals surface area contributed by atoms with Gasteiger partial charge < -0.3 is 10.6 Å². The second-order valence-electron chi connectivity index (χ2n) is 4.16. The molecule has 0 aromatic carbocycles. The molecule has 0 unspecified atom stereocenters. The summed E-state index contributed by atoms with van der Waals surface area (Å²) in [6.45, 7) is 4.58. The molecule has 0 amide bonds. The first-order chi connectivity index (χ1) is 9.78. The van der Waals surface area contributed by atoms with E-state index in [1.54, 1.807) is 22.7 Å². The summed E-state index contributed by atoms with van der Waals surface area (Å²) < 4.78 is 1.19. The van der Waals surface area contributed by atoms with Gasteiger partial charge in [-0.1, -0.05) is 6.07 Å². The molecule has 0 aliphatic heterocycles. The normalized spacial score (nSPS) is 11.0. The zero-order valence-electron chi connectivity index (χ0n) is 11.8. The molecule has 2 heterocycles. The molecule has 0 fully saturated rings. The molecule has 2 N–H and O–H groups in total. The van der Waals surface area contributed by atoms with Crippen LogP contribution in [0, 0.1) is 0 Å². The van der Waals surface area contributed by atoms with Crippen LogP contribution in [0.3, 0.4) is 0 Å². The highest BCUT2D eigenvalue weighted by Gasteiger charge is 2.00. The van der Waals surface area contributed by atoms with Crippen LogP contribution in [0.15, 0.2) is 38.4 Å². The van der Waals surface area contributed by atoms with Crippen LogP contribution in [0.1, 0.15) is 16.7 Å². The zero-order valence-corrected chi connectivity index (χ0v) is 17.3. The van der Waals surface area contributed by atoms with Gasteiger partial charge in [-0.25, -0.2) is 4.99 Å². The lowest BCUT2D eigenvalue weighted by Crippen LogP contribution is -2.38. The molecule has 0 spiro atoms. The molecule has 0 bridgehead atoms. The van der Waals surface area contributed by atoms with E-state index in [1.165, 1.54) is 13.5 Å². The average molecular weight is 500 g/mol. The Morgan fingerprint density at radius 3 is 2.71 bits per heavy atom. The van der Waals surface area contributed by atoms with Crippen LogP contribution in [0.5, 0.6) is 0 Å². The summed E-state index contributed by atoms with van der Waals surface area (Å²) in [5.74, 6) is 0.886. The summed E-state index contributed by atoms with van der Waals surface area (Å²) in [5.41, 5.74) is 0. The molecule has 3 nitrogen and oxygen atoms in total. The highest BCUT2D eigenvalue weighted by atomic mass is 127. The van der Waals surface area contributed by atoms with Gasteiger partial charge in [0.1, 0.15) is 0 Å². The van der Waals surface area contributed by atoms with Crippen LogP contribution in [-0.2, 0) is 13.0 Å².